The van der Waals surface area contributed by atoms with Crippen molar-refractivity contribution in [3.05, 3.63) is 53.0 Å². The highest BCUT2D eigenvalue weighted by atomic mass is 16.1. The Balaban J connectivity index is 2.13. The molecule has 0 unspecified atom stereocenters. The van der Waals surface area contributed by atoms with Crippen LogP contribution in [0.15, 0.2) is 30.7 Å². The standard InChI is InChI=1S/C18H18N4O2/c1-10-5-6-14(12(3)23)7-16(10)21-18-17-11(2)15(13(4)24)8-22(17)20-9-19-18/h5-9H,1-4H3,(H,19,20,21). The van der Waals surface area contributed by atoms with E-state index in [4.69, 9.17) is 0 Å². The molecule has 2 aromatic heterocycles. The van der Waals surface area contributed by atoms with E-state index in [0.29, 0.717) is 16.9 Å². The maximum Gasteiger partial charge on any atom is 0.161 e. The summed E-state index contributed by atoms with van der Waals surface area (Å²) in [4.78, 5) is 27.7. The van der Waals surface area contributed by atoms with Crippen molar-refractivity contribution in [2.24, 2.45) is 0 Å². The van der Waals surface area contributed by atoms with E-state index in [0.717, 1.165) is 22.3 Å². The summed E-state index contributed by atoms with van der Waals surface area (Å²) in [5.74, 6) is 0.584. The lowest BCUT2D eigenvalue weighted by Gasteiger charge is -2.11. The van der Waals surface area contributed by atoms with E-state index in [1.807, 2.05) is 19.9 Å². The number of carbonyl (C=O) groups excluding carboxylic acids is 2. The van der Waals surface area contributed by atoms with Crippen molar-refractivity contribution >= 4 is 28.6 Å². The van der Waals surface area contributed by atoms with Crippen molar-refractivity contribution < 1.29 is 9.59 Å². The second kappa shape index (κ2) is 5.88. The number of nitrogens with one attached hydrogen (secondary N) is 1. The molecule has 24 heavy (non-hydrogen) atoms. The van der Waals surface area contributed by atoms with E-state index in [1.54, 1.807) is 22.8 Å². The highest BCUT2D eigenvalue weighted by Gasteiger charge is 2.16. The Kier molecular flexibility index (Phi) is 3.89. The lowest BCUT2D eigenvalue weighted by molar-refractivity contribution is 0.100. The van der Waals surface area contributed by atoms with Crippen LogP contribution in [0.3, 0.4) is 0 Å². The summed E-state index contributed by atoms with van der Waals surface area (Å²) in [6.45, 7) is 6.90. The van der Waals surface area contributed by atoms with Crippen LogP contribution in [0.2, 0.25) is 0 Å². The van der Waals surface area contributed by atoms with Gasteiger partial charge in [-0.05, 0) is 44.9 Å². The Morgan fingerprint density at radius 1 is 1.12 bits per heavy atom. The Morgan fingerprint density at radius 3 is 2.54 bits per heavy atom. The molecule has 1 aromatic carbocycles. The lowest BCUT2D eigenvalue weighted by atomic mass is 10.1. The topological polar surface area (TPSA) is 76.4 Å². The summed E-state index contributed by atoms with van der Waals surface area (Å²) < 4.78 is 1.64. The maximum absolute atomic E-state index is 11.8. The molecule has 0 fully saturated rings. The third kappa shape index (κ3) is 2.67. The van der Waals surface area contributed by atoms with Gasteiger partial charge in [-0.15, -0.1) is 0 Å². The molecule has 0 radical (unpaired) electrons. The first-order chi connectivity index (χ1) is 11.4. The zero-order valence-corrected chi connectivity index (χ0v) is 14.0. The van der Waals surface area contributed by atoms with E-state index in [2.05, 4.69) is 15.4 Å². The predicted octanol–water partition coefficient (Wildman–Crippen LogP) is 3.49. The molecule has 2 heterocycles. The summed E-state index contributed by atoms with van der Waals surface area (Å²) in [5.41, 5.74) is 4.61. The number of Topliss-reactive ketones (excluding diaryl/α,β-unsaturated/α-hetero) is 2. The number of hydrogen-bond donors (Lipinski definition) is 1. The van der Waals surface area contributed by atoms with Gasteiger partial charge in [0.15, 0.2) is 17.4 Å². The molecule has 1 N–H and O–H groups in total. The molecule has 0 saturated carbocycles. The maximum atomic E-state index is 11.8. The lowest BCUT2D eigenvalue weighted by Crippen LogP contribution is -2.02. The number of anilines is 2. The number of ketones is 2. The fourth-order valence-electron chi connectivity index (χ4n) is 2.71. The molecule has 6 nitrogen and oxygen atoms in total. The van der Waals surface area contributed by atoms with Gasteiger partial charge in [-0.25, -0.2) is 9.50 Å². The molecule has 0 bridgehead atoms. The Bertz CT molecular complexity index is 973. The van der Waals surface area contributed by atoms with Crippen molar-refractivity contribution in [3.63, 3.8) is 0 Å². The first-order valence-electron chi connectivity index (χ1n) is 7.61. The zero-order valence-electron chi connectivity index (χ0n) is 14.0. The van der Waals surface area contributed by atoms with Gasteiger partial charge in [0.05, 0.1) is 0 Å². The van der Waals surface area contributed by atoms with E-state index < -0.39 is 0 Å². The van der Waals surface area contributed by atoms with Gasteiger partial charge in [-0.1, -0.05) is 12.1 Å². The largest absolute Gasteiger partial charge is 0.338 e. The van der Waals surface area contributed by atoms with Gasteiger partial charge in [0.1, 0.15) is 11.8 Å². The SMILES string of the molecule is CC(=O)c1ccc(C)c(Nc2ncnn3cc(C(C)=O)c(C)c23)c1. The molecule has 3 aromatic rings. The number of rotatable bonds is 4. The normalized spacial score (nSPS) is 10.8. The molecule has 0 amide bonds. The average molecular weight is 322 g/mol. The molecule has 0 saturated heterocycles. The van der Waals surface area contributed by atoms with Crippen LogP contribution in [0.25, 0.3) is 5.52 Å². The van der Waals surface area contributed by atoms with E-state index in [-0.39, 0.29) is 11.6 Å². The van der Waals surface area contributed by atoms with Crippen LogP contribution >= 0.6 is 0 Å². The van der Waals surface area contributed by atoms with Crippen molar-refractivity contribution in [1.29, 1.82) is 0 Å². The van der Waals surface area contributed by atoms with Crippen molar-refractivity contribution in [1.82, 2.24) is 14.6 Å². The summed E-state index contributed by atoms with van der Waals surface area (Å²) in [5, 5.41) is 7.44. The average Bonchev–Trinajstić information content (AvgIpc) is 2.87. The first-order valence-corrected chi connectivity index (χ1v) is 7.61. The molecule has 0 spiro atoms. The van der Waals surface area contributed by atoms with Gasteiger partial charge >= 0.3 is 0 Å². The smallest absolute Gasteiger partial charge is 0.161 e. The molecule has 0 aliphatic rings. The van der Waals surface area contributed by atoms with Gasteiger partial charge in [-0.2, -0.15) is 5.10 Å². The number of benzene rings is 1. The number of carbonyl (C=O) groups is 2. The molecule has 6 heteroatoms. The third-order valence-corrected chi connectivity index (χ3v) is 4.10. The van der Waals surface area contributed by atoms with Crippen LogP contribution in [0, 0.1) is 13.8 Å². The van der Waals surface area contributed by atoms with Crippen LogP contribution in [0.4, 0.5) is 11.5 Å². The predicted molar refractivity (Wildman–Crippen MR) is 92.2 cm³/mol. The minimum atomic E-state index is -0.0151. The molecule has 3 rings (SSSR count). The van der Waals surface area contributed by atoms with Gasteiger partial charge in [0, 0.05) is 23.0 Å². The van der Waals surface area contributed by atoms with E-state index >= 15 is 0 Å². The Labute approximate surface area is 139 Å². The number of fused-ring (bicyclic) bond motifs is 1. The first kappa shape index (κ1) is 15.9. The second-order valence-electron chi connectivity index (χ2n) is 5.84. The fourth-order valence-corrected chi connectivity index (χ4v) is 2.71. The monoisotopic (exact) mass is 322 g/mol. The van der Waals surface area contributed by atoms with Gasteiger partial charge in [-0.3, -0.25) is 9.59 Å². The summed E-state index contributed by atoms with van der Waals surface area (Å²) >= 11 is 0. The highest BCUT2D eigenvalue weighted by Crippen LogP contribution is 2.27. The third-order valence-electron chi connectivity index (χ3n) is 4.10. The quantitative estimate of drug-likeness (QED) is 0.744. The number of nitrogens with zero attached hydrogens (tertiary/aromatic N) is 3. The minimum Gasteiger partial charge on any atom is -0.338 e. The summed E-state index contributed by atoms with van der Waals surface area (Å²) in [6.07, 6.45) is 3.14. The van der Waals surface area contributed by atoms with Crippen LogP contribution in [-0.4, -0.2) is 26.2 Å². The van der Waals surface area contributed by atoms with Crippen LogP contribution in [-0.2, 0) is 0 Å². The Morgan fingerprint density at radius 2 is 1.88 bits per heavy atom. The van der Waals surface area contributed by atoms with Crippen molar-refractivity contribution in [3.8, 4) is 0 Å². The fraction of sp³-hybridized carbons (Fsp3) is 0.222. The molecular formula is C18H18N4O2. The van der Waals surface area contributed by atoms with Gasteiger partial charge in [0.25, 0.3) is 0 Å². The van der Waals surface area contributed by atoms with Crippen LogP contribution in [0.5, 0.6) is 0 Å². The molecule has 122 valence electrons. The van der Waals surface area contributed by atoms with Gasteiger partial charge < -0.3 is 5.32 Å². The minimum absolute atomic E-state index is 0.00335. The summed E-state index contributed by atoms with van der Waals surface area (Å²) in [6, 6.07) is 5.50. The highest BCUT2D eigenvalue weighted by molar-refractivity contribution is 5.99. The van der Waals surface area contributed by atoms with E-state index in [1.165, 1.54) is 20.2 Å². The van der Waals surface area contributed by atoms with Crippen molar-refractivity contribution in [2.45, 2.75) is 27.7 Å². The molecule has 0 aliphatic carbocycles. The van der Waals surface area contributed by atoms with Crippen LogP contribution in [0.1, 0.15) is 45.7 Å². The Hall–Kier alpha value is -3.02. The molecule has 0 atom stereocenters. The molecular weight excluding hydrogens is 304 g/mol. The van der Waals surface area contributed by atoms with E-state index in [9.17, 15) is 9.59 Å². The van der Waals surface area contributed by atoms with Gasteiger partial charge in [0.2, 0.25) is 0 Å². The number of hydrogen-bond acceptors (Lipinski definition) is 5. The second-order valence-corrected chi connectivity index (χ2v) is 5.84. The number of aromatic nitrogens is 3. The number of aryl methyl sites for hydroxylation is 2. The van der Waals surface area contributed by atoms with Crippen molar-refractivity contribution in [2.75, 3.05) is 5.32 Å². The zero-order chi connectivity index (χ0) is 17.4. The van der Waals surface area contributed by atoms with Crippen LogP contribution < -0.4 is 5.32 Å². The molecule has 0 aliphatic heterocycles. The summed E-state index contributed by atoms with van der Waals surface area (Å²) in [7, 11) is 0.